The second kappa shape index (κ2) is 4.88. The van der Waals surface area contributed by atoms with Gasteiger partial charge in [0.05, 0.1) is 11.9 Å². The molecule has 0 saturated heterocycles. The average molecular weight is 284 g/mol. The van der Waals surface area contributed by atoms with Crippen LogP contribution in [0.3, 0.4) is 0 Å². The minimum atomic E-state index is -3.83. The third-order valence-corrected chi connectivity index (χ3v) is 3.69. The Labute approximate surface area is 109 Å². The van der Waals surface area contributed by atoms with Gasteiger partial charge in [0.2, 0.25) is 0 Å². The number of aryl methyl sites for hydroxylation is 1. The van der Waals surface area contributed by atoms with Crippen LogP contribution in [0, 0.1) is 5.82 Å². The highest BCUT2D eigenvalue weighted by Crippen LogP contribution is 2.19. The smallest absolute Gasteiger partial charge is 0.278 e. The number of nitrogens with zero attached hydrogens (tertiary/aromatic N) is 1. The van der Waals surface area contributed by atoms with E-state index in [1.54, 1.807) is 0 Å². The summed E-state index contributed by atoms with van der Waals surface area (Å²) in [6.45, 7) is 1.84. The number of anilines is 2. The van der Waals surface area contributed by atoms with E-state index in [9.17, 15) is 12.8 Å². The summed E-state index contributed by atoms with van der Waals surface area (Å²) < 4.78 is 39.4. The first kappa shape index (κ1) is 13.3. The van der Waals surface area contributed by atoms with Crippen molar-refractivity contribution >= 4 is 21.4 Å². The van der Waals surface area contributed by atoms with Gasteiger partial charge in [0.25, 0.3) is 10.0 Å². The van der Waals surface area contributed by atoms with Gasteiger partial charge >= 0.3 is 0 Å². The van der Waals surface area contributed by atoms with Crippen molar-refractivity contribution in [2.45, 2.75) is 18.4 Å². The summed E-state index contributed by atoms with van der Waals surface area (Å²) in [7, 11) is -3.83. The van der Waals surface area contributed by atoms with Crippen LogP contribution in [-0.2, 0) is 16.4 Å². The number of hydrogen-bond acceptors (Lipinski definition) is 4. The lowest BCUT2D eigenvalue weighted by Gasteiger charge is -2.07. The van der Waals surface area contributed by atoms with Crippen LogP contribution in [0.5, 0.6) is 0 Å². The fourth-order valence-corrected chi connectivity index (χ4v) is 2.52. The monoisotopic (exact) mass is 284 g/mol. The quantitative estimate of drug-likeness (QED) is 0.740. The average Bonchev–Trinajstić information content (AvgIpc) is 2.75. The second-order valence-corrected chi connectivity index (χ2v) is 5.58. The van der Waals surface area contributed by atoms with Crippen molar-refractivity contribution in [1.29, 1.82) is 0 Å². The molecule has 0 fully saturated rings. The van der Waals surface area contributed by atoms with Crippen LogP contribution in [0.2, 0.25) is 0 Å². The predicted octanol–water partition coefficient (Wildman–Crippen LogP) is 1.49. The molecule has 1 aromatic heterocycles. The molecule has 8 heteroatoms. The maximum atomic E-state index is 13.1. The highest BCUT2D eigenvalue weighted by molar-refractivity contribution is 7.92. The molecule has 4 N–H and O–H groups in total. The number of nitrogens with two attached hydrogens (primary N) is 1. The molecule has 0 amide bonds. The molecule has 0 aliphatic heterocycles. The van der Waals surface area contributed by atoms with Gasteiger partial charge in [0.15, 0.2) is 5.03 Å². The van der Waals surface area contributed by atoms with Crippen LogP contribution >= 0.6 is 0 Å². The molecular weight excluding hydrogens is 271 g/mol. The van der Waals surface area contributed by atoms with Gasteiger partial charge in [-0.05, 0) is 18.2 Å². The van der Waals surface area contributed by atoms with E-state index in [0.717, 1.165) is 12.1 Å². The topological polar surface area (TPSA) is 101 Å². The van der Waals surface area contributed by atoms with Crippen LogP contribution in [0.25, 0.3) is 0 Å². The molecule has 1 aromatic carbocycles. The number of aromatic nitrogens is 2. The molecule has 1 heterocycles. The summed E-state index contributed by atoms with van der Waals surface area (Å²) in [4.78, 5) is 6.57. The van der Waals surface area contributed by atoms with Crippen molar-refractivity contribution in [3.05, 3.63) is 36.0 Å². The summed E-state index contributed by atoms with van der Waals surface area (Å²) in [6, 6.07) is 3.48. The van der Waals surface area contributed by atoms with E-state index in [-0.39, 0.29) is 16.4 Å². The zero-order chi connectivity index (χ0) is 14.0. The molecule has 0 bridgehead atoms. The van der Waals surface area contributed by atoms with Gasteiger partial charge in [0.1, 0.15) is 11.6 Å². The highest BCUT2D eigenvalue weighted by atomic mass is 32.2. The fraction of sp³-hybridized carbons (Fsp3) is 0.182. The zero-order valence-electron chi connectivity index (χ0n) is 10.1. The zero-order valence-corrected chi connectivity index (χ0v) is 11.0. The van der Waals surface area contributed by atoms with E-state index < -0.39 is 15.8 Å². The molecule has 102 valence electrons. The maximum Gasteiger partial charge on any atom is 0.278 e. The Balaban J connectivity index is 2.30. The van der Waals surface area contributed by atoms with Crippen LogP contribution in [0.15, 0.2) is 29.4 Å². The first-order valence-corrected chi connectivity index (χ1v) is 7.02. The van der Waals surface area contributed by atoms with Gasteiger partial charge < -0.3 is 10.7 Å². The Morgan fingerprint density at radius 2 is 2.16 bits per heavy atom. The SMILES string of the molecule is CCc1ncc(S(=O)(=O)Nc2cc(N)cc(F)c2)[nH]1. The van der Waals surface area contributed by atoms with E-state index in [4.69, 9.17) is 5.73 Å². The number of rotatable bonds is 4. The second-order valence-electron chi connectivity index (χ2n) is 3.93. The Kier molecular flexibility index (Phi) is 3.43. The molecular formula is C11H13FN4O2S. The molecule has 0 atom stereocenters. The number of aromatic amines is 1. The third-order valence-electron chi connectivity index (χ3n) is 2.40. The maximum absolute atomic E-state index is 13.1. The Hall–Kier alpha value is -2.09. The normalized spacial score (nSPS) is 11.5. The largest absolute Gasteiger partial charge is 0.399 e. The predicted molar refractivity (Wildman–Crippen MR) is 69.6 cm³/mol. The highest BCUT2D eigenvalue weighted by Gasteiger charge is 2.17. The summed E-state index contributed by atoms with van der Waals surface area (Å²) in [6.07, 6.45) is 1.80. The third kappa shape index (κ3) is 3.02. The lowest BCUT2D eigenvalue weighted by Crippen LogP contribution is -2.13. The van der Waals surface area contributed by atoms with Gasteiger partial charge in [-0.15, -0.1) is 0 Å². The fourth-order valence-electron chi connectivity index (χ4n) is 1.54. The minimum Gasteiger partial charge on any atom is -0.399 e. The first-order chi connectivity index (χ1) is 8.90. The van der Waals surface area contributed by atoms with Crippen LogP contribution in [0.4, 0.5) is 15.8 Å². The Morgan fingerprint density at radius 1 is 1.42 bits per heavy atom. The molecule has 6 nitrogen and oxygen atoms in total. The van der Waals surface area contributed by atoms with Crippen molar-refractivity contribution in [3.8, 4) is 0 Å². The molecule has 0 saturated carbocycles. The van der Waals surface area contributed by atoms with Gasteiger partial charge in [-0.25, -0.2) is 9.37 Å². The van der Waals surface area contributed by atoms with E-state index in [2.05, 4.69) is 14.7 Å². The number of hydrogen-bond donors (Lipinski definition) is 3. The molecule has 19 heavy (non-hydrogen) atoms. The van der Waals surface area contributed by atoms with Crippen LogP contribution in [0.1, 0.15) is 12.7 Å². The molecule has 0 spiro atoms. The molecule has 0 radical (unpaired) electrons. The van der Waals surface area contributed by atoms with Crippen molar-refractivity contribution in [2.75, 3.05) is 10.5 Å². The van der Waals surface area contributed by atoms with Crippen molar-refractivity contribution in [1.82, 2.24) is 9.97 Å². The standard InChI is InChI=1S/C11H13FN4O2S/c1-2-10-14-6-11(15-10)19(17,18)16-9-4-7(12)3-8(13)5-9/h3-6,16H,2,13H2,1H3,(H,14,15). The number of nitrogen functional groups attached to an aromatic ring is 1. The molecule has 2 aromatic rings. The van der Waals surface area contributed by atoms with Crippen LogP contribution in [-0.4, -0.2) is 18.4 Å². The number of sulfonamides is 1. The lowest BCUT2D eigenvalue weighted by molar-refractivity contribution is 0.598. The first-order valence-electron chi connectivity index (χ1n) is 5.53. The number of imidazole rings is 1. The van der Waals surface area contributed by atoms with Gasteiger partial charge in [-0.1, -0.05) is 6.92 Å². The number of halogens is 1. The Bertz CT molecular complexity index is 676. The number of H-pyrrole nitrogens is 1. The number of benzene rings is 1. The summed E-state index contributed by atoms with van der Waals surface area (Å²) in [5, 5.41) is -0.0767. The molecule has 0 aliphatic carbocycles. The van der Waals surface area contributed by atoms with Crippen LogP contribution < -0.4 is 10.5 Å². The van der Waals surface area contributed by atoms with E-state index in [1.165, 1.54) is 12.3 Å². The molecule has 0 aliphatic rings. The van der Waals surface area contributed by atoms with Crippen molar-refractivity contribution < 1.29 is 12.8 Å². The Morgan fingerprint density at radius 3 is 2.74 bits per heavy atom. The summed E-state index contributed by atoms with van der Waals surface area (Å²) >= 11 is 0. The van der Waals surface area contributed by atoms with Crippen molar-refractivity contribution in [2.24, 2.45) is 0 Å². The van der Waals surface area contributed by atoms with E-state index >= 15 is 0 Å². The van der Waals surface area contributed by atoms with Gasteiger partial charge in [-0.3, -0.25) is 4.72 Å². The number of nitrogens with one attached hydrogen (secondary N) is 2. The van der Waals surface area contributed by atoms with Crippen molar-refractivity contribution in [3.63, 3.8) is 0 Å². The van der Waals surface area contributed by atoms with Gasteiger partial charge in [-0.2, -0.15) is 8.42 Å². The molecule has 0 unspecified atom stereocenters. The summed E-state index contributed by atoms with van der Waals surface area (Å²) in [5.41, 5.74) is 5.64. The minimum absolute atomic E-state index is 0.0603. The van der Waals surface area contributed by atoms with E-state index in [0.29, 0.717) is 12.2 Å². The molecule has 2 rings (SSSR count). The van der Waals surface area contributed by atoms with E-state index in [1.807, 2.05) is 6.92 Å². The summed E-state index contributed by atoms with van der Waals surface area (Å²) in [5.74, 6) is -0.0595. The van der Waals surface area contributed by atoms with Gasteiger partial charge in [0, 0.05) is 12.1 Å². The lowest BCUT2D eigenvalue weighted by atomic mass is 10.3.